The van der Waals surface area contributed by atoms with Crippen molar-refractivity contribution in [2.75, 3.05) is 79.3 Å². The number of carbonyl (C=O) groups is 1. The summed E-state index contributed by atoms with van der Waals surface area (Å²) in [6.45, 7) is 8.01. The van der Waals surface area contributed by atoms with Crippen molar-refractivity contribution in [2.45, 2.75) is 44.4 Å². The first-order valence-corrected chi connectivity index (χ1v) is 13.9. The van der Waals surface area contributed by atoms with Gasteiger partial charge in [0.2, 0.25) is 0 Å². The van der Waals surface area contributed by atoms with Gasteiger partial charge in [0.25, 0.3) is 10.1 Å². The fourth-order valence-electron chi connectivity index (χ4n) is 2.76. The van der Waals surface area contributed by atoms with E-state index in [9.17, 15) is 13.2 Å². The van der Waals surface area contributed by atoms with Gasteiger partial charge >= 0.3 is 5.97 Å². The second-order valence-electron chi connectivity index (χ2n) is 7.83. The molecule has 0 bridgehead atoms. The van der Waals surface area contributed by atoms with Crippen molar-refractivity contribution in [1.82, 2.24) is 0 Å². The molecule has 0 heterocycles. The molecule has 36 heavy (non-hydrogen) atoms. The van der Waals surface area contributed by atoms with Crippen LogP contribution in [0.3, 0.4) is 0 Å². The highest BCUT2D eigenvalue weighted by molar-refractivity contribution is 7.86. The summed E-state index contributed by atoms with van der Waals surface area (Å²) in [6.07, 6.45) is 3.46. The molecule has 0 aliphatic heterocycles. The van der Waals surface area contributed by atoms with Crippen molar-refractivity contribution in [3.63, 3.8) is 0 Å². The van der Waals surface area contributed by atoms with Crippen LogP contribution in [0.15, 0.2) is 29.2 Å². The Balaban J connectivity index is 1.79. The Morgan fingerprint density at radius 1 is 0.667 bits per heavy atom. The number of aryl methyl sites for hydroxylation is 1. The molecule has 0 saturated carbocycles. The zero-order valence-corrected chi connectivity index (χ0v) is 22.4. The van der Waals surface area contributed by atoms with Crippen molar-refractivity contribution < 1.29 is 45.8 Å². The Morgan fingerprint density at radius 2 is 1.11 bits per heavy atom. The number of unbranched alkanes of at least 4 members (excludes halogenated alkanes) is 2. The summed E-state index contributed by atoms with van der Waals surface area (Å²) >= 11 is 0. The van der Waals surface area contributed by atoms with Crippen LogP contribution in [0.4, 0.5) is 0 Å². The Hall–Kier alpha value is -1.60. The van der Waals surface area contributed by atoms with Gasteiger partial charge in [-0.25, -0.2) is 0 Å². The fraction of sp³-hybridized carbons (Fsp3) is 0.720. The van der Waals surface area contributed by atoms with E-state index < -0.39 is 10.1 Å². The van der Waals surface area contributed by atoms with Crippen LogP contribution in [-0.4, -0.2) is 93.7 Å². The van der Waals surface area contributed by atoms with Gasteiger partial charge in [0.15, 0.2) is 0 Å². The van der Waals surface area contributed by atoms with Gasteiger partial charge in [0.05, 0.1) is 77.6 Å². The van der Waals surface area contributed by atoms with Crippen molar-refractivity contribution in [2.24, 2.45) is 0 Å². The van der Waals surface area contributed by atoms with E-state index in [2.05, 4.69) is 6.92 Å². The van der Waals surface area contributed by atoms with Gasteiger partial charge in [-0.15, -0.1) is 0 Å². The Morgan fingerprint density at radius 3 is 1.58 bits per heavy atom. The van der Waals surface area contributed by atoms with Gasteiger partial charge in [-0.1, -0.05) is 37.5 Å². The lowest BCUT2D eigenvalue weighted by atomic mass is 10.2. The summed E-state index contributed by atoms with van der Waals surface area (Å²) in [5, 5.41) is 0. The molecule has 0 saturated heterocycles. The Labute approximate surface area is 215 Å². The van der Waals surface area contributed by atoms with Crippen LogP contribution in [0.1, 0.15) is 38.2 Å². The smallest absolute Gasteiger partial charge is 0.305 e. The van der Waals surface area contributed by atoms with E-state index in [0.29, 0.717) is 65.9 Å². The van der Waals surface area contributed by atoms with Crippen LogP contribution >= 0.6 is 0 Å². The molecule has 0 radical (unpaired) electrons. The first-order valence-electron chi connectivity index (χ1n) is 12.5. The highest BCUT2D eigenvalue weighted by Crippen LogP contribution is 2.12. The number of benzene rings is 1. The second-order valence-corrected chi connectivity index (χ2v) is 9.44. The first kappa shape index (κ1) is 32.4. The van der Waals surface area contributed by atoms with E-state index in [-0.39, 0.29) is 30.7 Å². The largest absolute Gasteiger partial charge is 0.463 e. The molecular weight excluding hydrogens is 492 g/mol. The van der Waals surface area contributed by atoms with Gasteiger partial charge < -0.3 is 28.4 Å². The molecule has 0 atom stereocenters. The Kier molecular flexibility index (Phi) is 19.4. The number of esters is 1. The first-order chi connectivity index (χ1) is 17.5. The summed E-state index contributed by atoms with van der Waals surface area (Å²) in [7, 11) is -3.77. The summed E-state index contributed by atoms with van der Waals surface area (Å²) in [4.78, 5) is 11.5. The maximum atomic E-state index is 12.0. The minimum absolute atomic E-state index is 0.0586. The predicted molar refractivity (Wildman–Crippen MR) is 134 cm³/mol. The molecule has 11 heteroatoms. The fourth-order valence-corrected chi connectivity index (χ4v) is 3.66. The summed E-state index contributed by atoms with van der Waals surface area (Å²) in [5.74, 6) is -0.172. The molecule has 0 spiro atoms. The number of ether oxygens (including phenoxy) is 6. The topological polar surface area (TPSA) is 116 Å². The minimum atomic E-state index is -3.77. The van der Waals surface area contributed by atoms with Crippen LogP contribution < -0.4 is 0 Å². The SMILES string of the molecule is CCCCCC(=O)OCCOCCOCCOCCOCCOCCOS(=O)(=O)c1ccc(C)cc1. The molecule has 0 aliphatic carbocycles. The summed E-state index contributed by atoms with van der Waals surface area (Å²) in [6, 6.07) is 6.47. The van der Waals surface area contributed by atoms with Crippen molar-refractivity contribution >= 4 is 16.1 Å². The third kappa shape index (κ3) is 17.8. The number of hydrogen-bond donors (Lipinski definition) is 0. The second kappa shape index (κ2) is 21.5. The van der Waals surface area contributed by atoms with Crippen LogP contribution in [0, 0.1) is 6.92 Å². The lowest BCUT2D eigenvalue weighted by Gasteiger charge is -2.09. The van der Waals surface area contributed by atoms with E-state index >= 15 is 0 Å². The molecule has 0 N–H and O–H groups in total. The molecular formula is C25H42O10S. The van der Waals surface area contributed by atoms with Crippen molar-refractivity contribution in [3.8, 4) is 0 Å². The Bertz CT molecular complexity index is 768. The molecule has 0 aliphatic rings. The molecule has 10 nitrogen and oxygen atoms in total. The van der Waals surface area contributed by atoms with E-state index in [1.54, 1.807) is 12.1 Å². The zero-order chi connectivity index (χ0) is 26.3. The van der Waals surface area contributed by atoms with Crippen LogP contribution in [0.5, 0.6) is 0 Å². The van der Waals surface area contributed by atoms with Gasteiger partial charge in [-0.05, 0) is 25.5 Å². The molecule has 1 aromatic carbocycles. The standard InChI is InChI=1S/C25H42O10S/c1-3-4-5-6-25(26)34-21-19-32-17-15-30-13-11-29-12-14-31-16-18-33-20-22-35-36(27,28)24-9-7-23(2)8-10-24/h7-10H,3-6,11-22H2,1-2H3. The predicted octanol–water partition coefficient (Wildman–Crippen LogP) is 2.91. The number of rotatable bonds is 24. The summed E-state index contributed by atoms with van der Waals surface area (Å²) in [5.41, 5.74) is 0.975. The van der Waals surface area contributed by atoms with Gasteiger partial charge in [-0.3, -0.25) is 8.98 Å². The van der Waals surface area contributed by atoms with Gasteiger partial charge in [0.1, 0.15) is 6.61 Å². The van der Waals surface area contributed by atoms with Crippen molar-refractivity contribution in [1.29, 1.82) is 0 Å². The highest BCUT2D eigenvalue weighted by atomic mass is 32.2. The third-order valence-corrected chi connectivity index (χ3v) is 6.07. The molecule has 0 aromatic heterocycles. The third-order valence-electron chi connectivity index (χ3n) is 4.74. The van der Waals surface area contributed by atoms with E-state index in [1.165, 1.54) is 12.1 Å². The molecule has 0 unspecified atom stereocenters. The average Bonchev–Trinajstić information content (AvgIpc) is 2.86. The lowest BCUT2D eigenvalue weighted by molar-refractivity contribution is -0.145. The summed E-state index contributed by atoms with van der Waals surface area (Å²) < 4.78 is 60.9. The van der Waals surface area contributed by atoms with Crippen molar-refractivity contribution in [3.05, 3.63) is 29.8 Å². The molecule has 1 aromatic rings. The average molecular weight is 535 g/mol. The zero-order valence-electron chi connectivity index (χ0n) is 21.6. The lowest BCUT2D eigenvalue weighted by Crippen LogP contribution is -2.15. The van der Waals surface area contributed by atoms with E-state index in [1.807, 2.05) is 6.92 Å². The van der Waals surface area contributed by atoms with E-state index in [0.717, 1.165) is 24.8 Å². The maximum Gasteiger partial charge on any atom is 0.305 e. The van der Waals surface area contributed by atoms with Gasteiger partial charge in [0, 0.05) is 6.42 Å². The molecule has 208 valence electrons. The normalized spacial score (nSPS) is 11.6. The van der Waals surface area contributed by atoms with E-state index in [4.69, 9.17) is 32.6 Å². The van der Waals surface area contributed by atoms with Gasteiger partial charge in [-0.2, -0.15) is 8.42 Å². The number of carbonyl (C=O) groups excluding carboxylic acids is 1. The number of hydrogen-bond acceptors (Lipinski definition) is 10. The monoisotopic (exact) mass is 534 g/mol. The van der Waals surface area contributed by atoms with Crippen LogP contribution in [0.25, 0.3) is 0 Å². The highest BCUT2D eigenvalue weighted by Gasteiger charge is 2.14. The van der Waals surface area contributed by atoms with Crippen LogP contribution in [0.2, 0.25) is 0 Å². The minimum Gasteiger partial charge on any atom is -0.463 e. The molecule has 0 fully saturated rings. The van der Waals surface area contributed by atoms with Crippen LogP contribution in [-0.2, 0) is 47.5 Å². The molecule has 1 rings (SSSR count). The maximum absolute atomic E-state index is 12.0. The quantitative estimate of drug-likeness (QED) is 0.111. The molecule has 0 amide bonds.